The fourth-order valence-electron chi connectivity index (χ4n) is 3.62. The molecule has 1 amide bonds. The molecule has 0 aliphatic carbocycles. The van der Waals surface area contributed by atoms with Crippen molar-refractivity contribution >= 4 is 11.7 Å². The Bertz CT molecular complexity index is 610. The minimum absolute atomic E-state index is 0.000801. The van der Waals surface area contributed by atoms with Crippen molar-refractivity contribution in [2.45, 2.75) is 51.2 Å². The highest BCUT2D eigenvalue weighted by Gasteiger charge is 2.54. The van der Waals surface area contributed by atoms with Crippen LogP contribution in [0.1, 0.15) is 42.4 Å². The first kappa shape index (κ1) is 14.3. The predicted molar refractivity (Wildman–Crippen MR) is 79.2 cm³/mol. The van der Waals surface area contributed by atoms with Gasteiger partial charge in [0, 0.05) is 19.4 Å². The van der Waals surface area contributed by atoms with Crippen LogP contribution in [0, 0.1) is 13.8 Å². The number of carbonyl (C=O) groups excluding carboxylic acids is 2. The number of Topliss-reactive ketones (excluding diaryl/α,β-unsaturated/α-hetero) is 1. The number of hydrogen-bond acceptors (Lipinski definition) is 3. The van der Waals surface area contributed by atoms with E-state index in [0.29, 0.717) is 19.4 Å². The molecule has 0 saturated carbocycles. The summed E-state index contributed by atoms with van der Waals surface area (Å²) in [5, 5.41) is 2.97. The number of benzene rings is 1. The summed E-state index contributed by atoms with van der Waals surface area (Å²) < 4.78 is 5.52. The molecule has 0 bridgehead atoms. The Hall–Kier alpha value is -1.68. The second-order valence-corrected chi connectivity index (χ2v) is 6.36. The first-order chi connectivity index (χ1) is 9.93. The van der Waals surface area contributed by atoms with Gasteiger partial charge >= 0.3 is 0 Å². The Kier molecular flexibility index (Phi) is 3.36. The lowest BCUT2D eigenvalue weighted by molar-refractivity contribution is -0.129. The summed E-state index contributed by atoms with van der Waals surface area (Å²) in [4.78, 5) is 25.4. The number of carbonyl (C=O) groups is 2. The molecule has 112 valence electrons. The number of hydrogen-bond donors (Lipinski definition) is 1. The van der Waals surface area contributed by atoms with Crippen LogP contribution in [0.15, 0.2) is 18.2 Å². The van der Waals surface area contributed by atoms with Gasteiger partial charge in [-0.05, 0) is 31.9 Å². The quantitative estimate of drug-likeness (QED) is 0.804. The van der Waals surface area contributed by atoms with Crippen LogP contribution < -0.4 is 5.32 Å². The normalized spacial score (nSPS) is 32.5. The Morgan fingerprint density at radius 3 is 2.71 bits per heavy atom. The lowest BCUT2D eigenvalue weighted by Gasteiger charge is -2.35. The van der Waals surface area contributed by atoms with Crippen molar-refractivity contribution in [1.29, 1.82) is 0 Å². The van der Waals surface area contributed by atoms with Crippen molar-refractivity contribution in [2.24, 2.45) is 0 Å². The number of rotatable bonds is 1. The van der Waals surface area contributed by atoms with E-state index >= 15 is 0 Å². The molecular weight excluding hydrogens is 266 g/mol. The molecule has 1 aromatic rings. The Balaban J connectivity index is 1.97. The fourth-order valence-corrected chi connectivity index (χ4v) is 3.62. The maximum Gasteiger partial charge on any atom is 0.235 e. The summed E-state index contributed by atoms with van der Waals surface area (Å²) in [6, 6.07) is 5.89. The summed E-state index contributed by atoms with van der Waals surface area (Å²) in [5.41, 5.74) is 2.24. The summed E-state index contributed by atoms with van der Waals surface area (Å²) in [6.07, 6.45) is 1.14. The number of aryl methyl sites for hydroxylation is 2. The van der Waals surface area contributed by atoms with Crippen LogP contribution >= 0.6 is 0 Å². The van der Waals surface area contributed by atoms with E-state index in [-0.39, 0.29) is 17.8 Å². The molecule has 3 unspecified atom stereocenters. The van der Waals surface area contributed by atoms with Crippen molar-refractivity contribution in [3.8, 4) is 0 Å². The van der Waals surface area contributed by atoms with Crippen LogP contribution in [-0.4, -0.2) is 29.9 Å². The van der Waals surface area contributed by atoms with Gasteiger partial charge in [0.15, 0.2) is 5.78 Å². The van der Waals surface area contributed by atoms with Gasteiger partial charge in [-0.2, -0.15) is 0 Å². The minimum atomic E-state index is -0.725. The van der Waals surface area contributed by atoms with Crippen LogP contribution in [0.2, 0.25) is 0 Å². The zero-order valence-corrected chi connectivity index (χ0v) is 12.7. The molecular formula is C17H21NO3. The molecule has 3 atom stereocenters. The number of amides is 1. The molecule has 1 spiro atoms. The van der Waals surface area contributed by atoms with Gasteiger partial charge in [-0.15, -0.1) is 0 Å². The van der Waals surface area contributed by atoms with Crippen molar-refractivity contribution in [3.63, 3.8) is 0 Å². The topological polar surface area (TPSA) is 55.4 Å². The third-order valence-corrected chi connectivity index (χ3v) is 4.66. The lowest BCUT2D eigenvalue weighted by atomic mass is 9.79. The molecule has 21 heavy (non-hydrogen) atoms. The summed E-state index contributed by atoms with van der Waals surface area (Å²) in [7, 11) is 0. The molecule has 3 rings (SSSR count). The highest BCUT2D eigenvalue weighted by Crippen LogP contribution is 2.38. The smallest absolute Gasteiger partial charge is 0.235 e. The standard InChI is InChI=1S/C17H21NO3/c1-10-4-5-13(11(2)8-10)14-15(19)17(18-16(14)20)6-7-21-12(3)9-17/h4-5,8,12,14H,6-7,9H2,1-3H3,(H,18,20). The first-order valence-corrected chi connectivity index (χ1v) is 7.48. The van der Waals surface area contributed by atoms with Gasteiger partial charge in [0.25, 0.3) is 0 Å². The molecule has 2 fully saturated rings. The van der Waals surface area contributed by atoms with Crippen LogP contribution in [0.4, 0.5) is 0 Å². The molecule has 1 N–H and O–H groups in total. The molecule has 2 aliphatic rings. The third-order valence-electron chi connectivity index (χ3n) is 4.66. The van der Waals surface area contributed by atoms with Gasteiger partial charge in [-0.1, -0.05) is 23.8 Å². The van der Waals surface area contributed by atoms with Gasteiger partial charge in [0.2, 0.25) is 5.91 Å². The largest absolute Gasteiger partial charge is 0.378 e. The zero-order valence-electron chi connectivity index (χ0n) is 12.7. The van der Waals surface area contributed by atoms with Gasteiger partial charge < -0.3 is 10.1 Å². The molecule has 2 heterocycles. The predicted octanol–water partition coefficient (Wildman–Crippen LogP) is 2.02. The Labute approximate surface area is 124 Å². The highest BCUT2D eigenvalue weighted by molar-refractivity contribution is 6.17. The highest BCUT2D eigenvalue weighted by atomic mass is 16.5. The molecule has 2 saturated heterocycles. The van der Waals surface area contributed by atoms with E-state index in [1.165, 1.54) is 0 Å². The van der Waals surface area contributed by atoms with Gasteiger partial charge in [-0.3, -0.25) is 9.59 Å². The van der Waals surface area contributed by atoms with Gasteiger partial charge in [0.05, 0.1) is 6.10 Å². The van der Waals surface area contributed by atoms with E-state index in [2.05, 4.69) is 5.32 Å². The maximum absolute atomic E-state index is 12.9. The minimum Gasteiger partial charge on any atom is -0.378 e. The Morgan fingerprint density at radius 1 is 1.29 bits per heavy atom. The monoisotopic (exact) mass is 287 g/mol. The van der Waals surface area contributed by atoms with Crippen LogP contribution in [0.3, 0.4) is 0 Å². The Morgan fingerprint density at radius 2 is 2.05 bits per heavy atom. The van der Waals surface area contributed by atoms with Crippen molar-refractivity contribution in [2.75, 3.05) is 6.61 Å². The van der Waals surface area contributed by atoms with Crippen molar-refractivity contribution in [3.05, 3.63) is 34.9 Å². The van der Waals surface area contributed by atoms with Crippen molar-refractivity contribution in [1.82, 2.24) is 5.32 Å². The van der Waals surface area contributed by atoms with E-state index in [1.54, 1.807) is 0 Å². The number of ether oxygens (including phenoxy) is 1. The SMILES string of the molecule is Cc1ccc(C2C(=O)NC3(CCOC(C)C3)C2=O)c(C)c1. The number of nitrogens with one attached hydrogen (secondary N) is 1. The summed E-state index contributed by atoms with van der Waals surface area (Å²) >= 11 is 0. The van der Waals surface area contributed by atoms with E-state index in [0.717, 1.165) is 16.7 Å². The van der Waals surface area contributed by atoms with E-state index in [9.17, 15) is 9.59 Å². The average molecular weight is 287 g/mol. The van der Waals surface area contributed by atoms with Gasteiger partial charge in [0.1, 0.15) is 11.5 Å². The zero-order chi connectivity index (χ0) is 15.2. The van der Waals surface area contributed by atoms with Crippen LogP contribution in [-0.2, 0) is 14.3 Å². The van der Waals surface area contributed by atoms with Crippen molar-refractivity contribution < 1.29 is 14.3 Å². The third kappa shape index (κ3) is 2.27. The molecule has 0 aromatic heterocycles. The van der Waals surface area contributed by atoms with E-state index < -0.39 is 11.5 Å². The lowest BCUT2D eigenvalue weighted by Crippen LogP contribution is -2.52. The fraction of sp³-hybridized carbons (Fsp3) is 0.529. The molecule has 0 radical (unpaired) electrons. The second kappa shape index (κ2) is 4.95. The summed E-state index contributed by atoms with van der Waals surface area (Å²) in [5.74, 6) is -0.827. The molecule has 4 nitrogen and oxygen atoms in total. The van der Waals surface area contributed by atoms with Crippen LogP contribution in [0.5, 0.6) is 0 Å². The summed E-state index contributed by atoms with van der Waals surface area (Å²) in [6.45, 7) is 6.44. The maximum atomic E-state index is 12.9. The van der Waals surface area contributed by atoms with E-state index in [1.807, 2.05) is 39.0 Å². The molecule has 2 aliphatic heterocycles. The molecule has 1 aromatic carbocycles. The average Bonchev–Trinajstić information content (AvgIpc) is 2.62. The van der Waals surface area contributed by atoms with Crippen LogP contribution in [0.25, 0.3) is 0 Å². The first-order valence-electron chi connectivity index (χ1n) is 7.48. The second-order valence-electron chi connectivity index (χ2n) is 6.36. The van der Waals surface area contributed by atoms with E-state index in [4.69, 9.17) is 4.74 Å². The van der Waals surface area contributed by atoms with Gasteiger partial charge in [-0.25, -0.2) is 0 Å². The number of ketones is 1. The molecule has 4 heteroatoms.